The number of benzene rings is 3. The summed E-state index contributed by atoms with van der Waals surface area (Å²) in [5, 5.41) is 0. The van der Waals surface area contributed by atoms with E-state index in [0.717, 1.165) is 17.9 Å². The summed E-state index contributed by atoms with van der Waals surface area (Å²) in [6.45, 7) is 0. The molecule has 0 amide bonds. The molecular weight excluding hydrogens is 398 g/mol. The molecule has 3 aromatic carbocycles. The molecule has 0 bridgehead atoms. The fraction of sp³-hybridized carbons (Fsp3) is 0.167. The van der Waals surface area contributed by atoms with E-state index >= 15 is 0 Å². The van der Waals surface area contributed by atoms with Crippen LogP contribution in [0.3, 0.4) is 0 Å². The molecule has 0 aliphatic carbocycles. The largest absolute Gasteiger partial charge is 0.309 e. The molecule has 1 heterocycles. The van der Waals surface area contributed by atoms with Gasteiger partial charge in [-0.15, -0.1) is 23.5 Å². The summed E-state index contributed by atoms with van der Waals surface area (Å²) in [5.41, 5.74) is 7.62. The van der Waals surface area contributed by atoms with Crippen molar-refractivity contribution in [2.24, 2.45) is 0 Å². The first-order valence-corrected chi connectivity index (χ1v) is 12.3. The van der Waals surface area contributed by atoms with Gasteiger partial charge in [0.1, 0.15) is 0 Å². The summed E-state index contributed by atoms with van der Waals surface area (Å²) >= 11 is 8.18. The number of para-hydroxylation sites is 3. The normalized spacial score (nSPS) is 12.5. The molecule has 28 heavy (non-hydrogen) atoms. The summed E-state index contributed by atoms with van der Waals surface area (Å²) < 4.78 is 1.38. The molecule has 0 N–H and O–H groups in total. The van der Waals surface area contributed by atoms with Crippen LogP contribution in [-0.2, 0) is 0 Å². The van der Waals surface area contributed by atoms with Gasteiger partial charge in [-0.25, -0.2) is 0 Å². The van der Waals surface area contributed by atoms with Crippen LogP contribution in [0.25, 0.3) is 5.57 Å². The van der Waals surface area contributed by atoms with Crippen LogP contribution >= 0.6 is 36.2 Å². The predicted molar refractivity (Wildman–Crippen MR) is 132 cm³/mol. The van der Waals surface area contributed by atoms with Crippen molar-refractivity contribution in [2.45, 2.75) is 6.42 Å². The first-order chi connectivity index (χ1) is 13.8. The highest BCUT2D eigenvalue weighted by atomic mass is 32.2. The number of thiol groups is 1. The zero-order chi connectivity index (χ0) is 19.3. The lowest BCUT2D eigenvalue weighted by atomic mass is 9.91. The van der Waals surface area contributed by atoms with E-state index in [1.54, 1.807) is 0 Å². The lowest BCUT2D eigenvalue weighted by Crippen LogP contribution is -2.18. The summed E-state index contributed by atoms with van der Waals surface area (Å²) in [6, 6.07) is 28.2. The highest BCUT2D eigenvalue weighted by Crippen LogP contribution is 2.52. The standard InChI is InChI=1S/C24H23NS3/c1-27-24(28-17-9-16-26)23-19-12-5-7-14-21(19)25(18-10-3-2-4-11-18)22-15-8-6-13-20(22)23/h2-8,10-15,26H,9,16-17H2,1H3. The monoisotopic (exact) mass is 421 g/mol. The summed E-state index contributed by atoms with van der Waals surface area (Å²) in [4.78, 5) is 2.38. The van der Waals surface area contributed by atoms with Gasteiger partial charge in [0.25, 0.3) is 0 Å². The van der Waals surface area contributed by atoms with Crippen molar-refractivity contribution in [2.75, 3.05) is 22.7 Å². The number of anilines is 3. The van der Waals surface area contributed by atoms with Crippen LogP contribution in [0.2, 0.25) is 0 Å². The second kappa shape index (κ2) is 9.17. The Morgan fingerprint density at radius 3 is 1.96 bits per heavy atom. The van der Waals surface area contributed by atoms with Gasteiger partial charge in [0, 0.05) is 26.6 Å². The summed E-state index contributed by atoms with van der Waals surface area (Å²) in [6.07, 6.45) is 3.30. The molecule has 0 radical (unpaired) electrons. The third-order valence-electron chi connectivity index (χ3n) is 4.77. The van der Waals surface area contributed by atoms with Crippen molar-refractivity contribution in [3.05, 3.63) is 94.2 Å². The Hall–Kier alpha value is -1.75. The molecule has 0 atom stereocenters. The van der Waals surface area contributed by atoms with Gasteiger partial charge in [-0.05, 0) is 48.4 Å². The fourth-order valence-electron chi connectivity index (χ4n) is 3.57. The molecule has 0 saturated carbocycles. The van der Waals surface area contributed by atoms with E-state index in [0.29, 0.717) is 0 Å². The van der Waals surface area contributed by atoms with Crippen molar-refractivity contribution in [3.8, 4) is 0 Å². The summed E-state index contributed by atoms with van der Waals surface area (Å²) in [5.74, 6) is 2.02. The average molecular weight is 422 g/mol. The number of hydrogen-bond donors (Lipinski definition) is 1. The molecule has 142 valence electrons. The second-order valence-corrected chi connectivity index (χ2v) is 9.12. The molecule has 4 rings (SSSR count). The highest BCUT2D eigenvalue weighted by Gasteiger charge is 2.28. The van der Waals surface area contributed by atoms with Crippen molar-refractivity contribution >= 4 is 58.8 Å². The van der Waals surface area contributed by atoms with Crippen molar-refractivity contribution in [1.29, 1.82) is 0 Å². The minimum Gasteiger partial charge on any atom is -0.309 e. The highest BCUT2D eigenvalue weighted by molar-refractivity contribution is 8.22. The zero-order valence-corrected chi connectivity index (χ0v) is 18.4. The molecule has 0 fully saturated rings. The van der Waals surface area contributed by atoms with Crippen LogP contribution in [0.1, 0.15) is 17.5 Å². The van der Waals surface area contributed by atoms with Crippen LogP contribution in [0.5, 0.6) is 0 Å². The van der Waals surface area contributed by atoms with Crippen LogP contribution in [0.15, 0.2) is 83.1 Å². The van der Waals surface area contributed by atoms with E-state index < -0.39 is 0 Å². The Morgan fingerprint density at radius 2 is 1.39 bits per heavy atom. The van der Waals surface area contributed by atoms with Gasteiger partial charge in [0.05, 0.1) is 11.4 Å². The number of nitrogens with zero attached hydrogens (tertiary/aromatic N) is 1. The molecule has 0 unspecified atom stereocenters. The van der Waals surface area contributed by atoms with Gasteiger partial charge in [-0.1, -0.05) is 54.6 Å². The van der Waals surface area contributed by atoms with Gasteiger partial charge in [0.15, 0.2) is 0 Å². The van der Waals surface area contributed by atoms with Crippen LogP contribution in [0.4, 0.5) is 17.1 Å². The third-order valence-corrected chi connectivity index (χ3v) is 7.47. The lowest BCUT2D eigenvalue weighted by molar-refractivity contribution is 1.13. The molecular formula is C24H23NS3. The Kier molecular flexibility index (Phi) is 6.40. The molecule has 1 aliphatic heterocycles. The van der Waals surface area contributed by atoms with E-state index in [1.165, 1.54) is 38.0 Å². The average Bonchev–Trinajstić information content (AvgIpc) is 2.76. The van der Waals surface area contributed by atoms with E-state index in [-0.39, 0.29) is 0 Å². The van der Waals surface area contributed by atoms with Gasteiger partial charge in [-0.2, -0.15) is 12.6 Å². The molecule has 4 heteroatoms. The topological polar surface area (TPSA) is 3.24 Å². The minimum atomic E-state index is 0.930. The number of thioether (sulfide) groups is 2. The smallest absolute Gasteiger partial charge is 0.0541 e. The van der Waals surface area contributed by atoms with Gasteiger partial charge in [0.2, 0.25) is 0 Å². The number of hydrogen-bond acceptors (Lipinski definition) is 4. The van der Waals surface area contributed by atoms with Gasteiger partial charge in [-0.3, -0.25) is 0 Å². The van der Waals surface area contributed by atoms with Crippen molar-refractivity contribution in [1.82, 2.24) is 0 Å². The van der Waals surface area contributed by atoms with Crippen LogP contribution in [-0.4, -0.2) is 17.8 Å². The maximum Gasteiger partial charge on any atom is 0.0541 e. The van der Waals surface area contributed by atoms with E-state index in [9.17, 15) is 0 Å². The third kappa shape index (κ3) is 3.73. The maximum atomic E-state index is 4.38. The molecule has 1 aliphatic rings. The number of rotatable bonds is 6. The van der Waals surface area contributed by atoms with Gasteiger partial charge >= 0.3 is 0 Å². The SMILES string of the molecule is CSC(SCCCS)=C1c2ccccc2N(c2ccccc2)c2ccccc21. The Bertz CT molecular complexity index is 932. The quantitative estimate of drug-likeness (QED) is 0.252. The Labute approximate surface area is 181 Å². The van der Waals surface area contributed by atoms with Crippen LogP contribution in [0, 0.1) is 0 Å². The minimum absolute atomic E-state index is 0.930. The molecule has 1 nitrogen and oxygen atoms in total. The molecule has 3 aromatic rings. The first-order valence-electron chi connectivity index (χ1n) is 9.41. The van der Waals surface area contributed by atoms with Crippen molar-refractivity contribution in [3.63, 3.8) is 0 Å². The van der Waals surface area contributed by atoms with Crippen LogP contribution < -0.4 is 4.90 Å². The van der Waals surface area contributed by atoms with E-state index in [1.807, 2.05) is 23.5 Å². The second-order valence-electron chi connectivity index (χ2n) is 6.50. The van der Waals surface area contributed by atoms with Gasteiger partial charge < -0.3 is 4.90 Å². The Morgan fingerprint density at radius 1 is 0.821 bits per heavy atom. The maximum absolute atomic E-state index is 4.38. The predicted octanol–water partition coefficient (Wildman–Crippen LogP) is 7.60. The first kappa shape index (κ1) is 19.6. The van der Waals surface area contributed by atoms with E-state index in [4.69, 9.17) is 0 Å². The molecule has 0 spiro atoms. The fourth-order valence-corrected chi connectivity index (χ4v) is 5.93. The lowest BCUT2D eigenvalue weighted by Gasteiger charge is -2.35. The van der Waals surface area contributed by atoms with E-state index in [2.05, 4.69) is 103 Å². The summed E-state index contributed by atoms with van der Waals surface area (Å²) in [7, 11) is 0. The molecule has 0 saturated heterocycles. The number of fused-ring (bicyclic) bond motifs is 2. The van der Waals surface area contributed by atoms with Crippen molar-refractivity contribution < 1.29 is 0 Å². The zero-order valence-electron chi connectivity index (χ0n) is 15.8. The molecule has 0 aromatic heterocycles. The Balaban J connectivity index is 1.94.